The Morgan fingerprint density at radius 3 is 2.55 bits per heavy atom. The van der Waals surface area contributed by atoms with Gasteiger partial charge in [-0.25, -0.2) is 22.9 Å². The molecule has 3 amide bonds. The molecule has 0 atom stereocenters. The summed E-state index contributed by atoms with van der Waals surface area (Å²) in [6.45, 7) is 2.33. The zero-order valence-electron chi connectivity index (χ0n) is 22.6. The summed E-state index contributed by atoms with van der Waals surface area (Å²) < 4.78 is 28.5. The number of amides is 3. The lowest BCUT2D eigenvalue weighted by molar-refractivity contribution is -0.113. The normalized spacial score (nSPS) is 12.7. The Balaban J connectivity index is 1.30. The van der Waals surface area contributed by atoms with Crippen LogP contribution >= 0.6 is 34.7 Å². The van der Waals surface area contributed by atoms with Crippen LogP contribution in [0.25, 0.3) is 15.9 Å². The quantitative estimate of drug-likeness (QED) is 0.124. The van der Waals surface area contributed by atoms with E-state index in [-0.39, 0.29) is 22.1 Å². The van der Waals surface area contributed by atoms with E-state index in [9.17, 15) is 22.8 Å². The van der Waals surface area contributed by atoms with E-state index in [1.54, 1.807) is 24.3 Å². The number of sulfonamides is 1. The molecular weight excluding hydrogens is 618 g/mol. The van der Waals surface area contributed by atoms with E-state index in [2.05, 4.69) is 10.6 Å². The van der Waals surface area contributed by atoms with Crippen LogP contribution in [0.5, 0.6) is 0 Å². The van der Waals surface area contributed by atoms with Gasteiger partial charge in [-0.1, -0.05) is 36.7 Å². The summed E-state index contributed by atoms with van der Waals surface area (Å²) in [5.41, 5.74) is 1.88. The van der Waals surface area contributed by atoms with E-state index in [4.69, 9.17) is 16.6 Å². The second-order valence-electron chi connectivity index (χ2n) is 9.63. The molecule has 2 aromatic heterocycles. The molecule has 0 bridgehead atoms. The number of thiophene rings is 1. The van der Waals surface area contributed by atoms with Gasteiger partial charge in [-0.2, -0.15) is 0 Å². The number of thioether (sulfide) groups is 1. The molecule has 0 fully saturated rings. The van der Waals surface area contributed by atoms with Crippen molar-refractivity contribution in [2.24, 2.45) is 0 Å². The van der Waals surface area contributed by atoms with Crippen LogP contribution in [0.3, 0.4) is 0 Å². The summed E-state index contributed by atoms with van der Waals surface area (Å²) in [7, 11) is -4.07. The molecule has 2 heterocycles. The lowest BCUT2D eigenvalue weighted by atomic mass is 10.2. The number of nitrogens with zero attached hydrogens (tertiary/aromatic N) is 2. The zero-order valence-corrected chi connectivity index (χ0v) is 25.8. The van der Waals surface area contributed by atoms with Crippen LogP contribution in [-0.4, -0.2) is 42.2 Å². The van der Waals surface area contributed by atoms with Gasteiger partial charge in [0.2, 0.25) is 5.91 Å². The van der Waals surface area contributed by atoms with Crippen LogP contribution in [0, 0.1) is 0 Å². The second kappa shape index (κ2) is 12.9. The van der Waals surface area contributed by atoms with E-state index >= 15 is 0 Å². The molecule has 42 heavy (non-hydrogen) atoms. The van der Waals surface area contributed by atoms with Crippen molar-refractivity contribution in [1.82, 2.24) is 19.6 Å². The number of aromatic nitrogens is 2. The minimum atomic E-state index is -4.07. The van der Waals surface area contributed by atoms with E-state index in [0.717, 1.165) is 49.4 Å². The van der Waals surface area contributed by atoms with E-state index in [1.165, 1.54) is 45.0 Å². The standard InChI is InChI=1S/C28H28ClN5O5S3/c1-2-3-15-30-27(37)33-42(38,39)20-13-9-18(10-14-20)31-23(35)16-40-28-32-25-24(21-5-4-6-22(21)41-25)26(36)34(28)19-11-7-17(29)8-12-19/h7-14H,2-6,15-16H2,1H3,(H,31,35)(H2,30,33,37). The third kappa shape index (κ3) is 6.64. The van der Waals surface area contributed by atoms with Crippen molar-refractivity contribution in [2.75, 3.05) is 17.6 Å². The predicted molar refractivity (Wildman–Crippen MR) is 167 cm³/mol. The molecule has 3 N–H and O–H groups in total. The van der Waals surface area contributed by atoms with E-state index in [1.807, 2.05) is 11.6 Å². The maximum atomic E-state index is 13.7. The highest BCUT2D eigenvalue weighted by atomic mass is 35.5. The summed E-state index contributed by atoms with van der Waals surface area (Å²) in [4.78, 5) is 45.0. The van der Waals surface area contributed by atoms with Crippen LogP contribution < -0.4 is 20.9 Å². The first kappa shape index (κ1) is 30.1. The van der Waals surface area contributed by atoms with Crippen molar-refractivity contribution in [3.05, 3.63) is 74.3 Å². The largest absolute Gasteiger partial charge is 0.337 e. The molecule has 0 saturated heterocycles. The summed E-state index contributed by atoms with van der Waals surface area (Å²) in [5.74, 6) is -0.411. The molecule has 220 valence electrons. The smallest absolute Gasteiger partial charge is 0.328 e. The maximum Gasteiger partial charge on any atom is 0.328 e. The topological polar surface area (TPSA) is 139 Å². The predicted octanol–water partition coefficient (Wildman–Crippen LogP) is 5.11. The van der Waals surface area contributed by atoms with Crippen molar-refractivity contribution in [1.29, 1.82) is 0 Å². The molecule has 0 aliphatic heterocycles. The van der Waals surface area contributed by atoms with Crippen LogP contribution in [0.2, 0.25) is 5.02 Å². The zero-order chi connectivity index (χ0) is 29.9. The van der Waals surface area contributed by atoms with Crippen molar-refractivity contribution in [3.8, 4) is 5.69 Å². The summed E-state index contributed by atoms with van der Waals surface area (Å²) in [6, 6.07) is 11.6. The molecule has 10 nitrogen and oxygen atoms in total. The first-order valence-corrected chi connectivity index (χ1v) is 17.0. The number of rotatable bonds is 10. The van der Waals surface area contributed by atoms with Crippen LogP contribution in [-0.2, 0) is 27.7 Å². The van der Waals surface area contributed by atoms with Gasteiger partial charge < -0.3 is 10.6 Å². The van der Waals surface area contributed by atoms with Crippen LogP contribution in [0.1, 0.15) is 36.6 Å². The number of carbonyl (C=O) groups is 2. The van der Waals surface area contributed by atoms with Gasteiger partial charge >= 0.3 is 6.03 Å². The number of nitrogens with one attached hydrogen (secondary N) is 3. The molecule has 0 unspecified atom stereocenters. The molecule has 4 aromatic rings. The highest BCUT2D eigenvalue weighted by Gasteiger charge is 2.24. The SMILES string of the molecule is CCCCNC(=O)NS(=O)(=O)c1ccc(NC(=O)CSc2nc3sc4c(c3c(=O)n2-c2ccc(Cl)cc2)CCC4)cc1. The van der Waals surface area contributed by atoms with Gasteiger partial charge in [0.05, 0.1) is 21.7 Å². The van der Waals surface area contributed by atoms with Gasteiger partial charge in [0.1, 0.15) is 4.83 Å². The van der Waals surface area contributed by atoms with E-state index in [0.29, 0.717) is 38.3 Å². The number of unbranched alkanes of at least 4 members (excludes halogenated alkanes) is 1. The summed E-state index contributed by atoms with van der Waals surface area (Å²) in [6.07, 6.45) is 4.41. The minimum absolute atomic E-state index is 0.0455. The number of halogens is 1. The third-order valence-electron chi connectivity index (χ3n) is 6.62. The van der Waals surface area contributed by atoms with Gasteiger partial charge in [0.25, 0.3) is 15.6 Å². The number of urea groups is 1. The molecule has 5 rings (SSSR count). The molecule has 0 saturated carbocycles. The molecule has 0 spiro atoms. The summed E-state index contributed by atoms with van der Waals surface area (Å²) >= 11 is 8.74. The molecular formula is C28H28ClN5O5S3. The Hall–Kier alpha value is -3.39. The second-order valence-corrected chi connectivity index (χ2v) is 13.8. The minimum Gasteiger partial charge on any atom is -0.337 e. The number of hydrogen-bond donors (Lipinski definition) is 3. The molecule has 1 aliphatic carbocycles. The van der Waals surface area contributed by atoms with Crippen molar-refractivity contribution in [2.45, 2.75) is 49.1 Å². The van der Waals surface area contributed by atoms with Gasteiger partial charge in [-0.15, -0.1) is 11.3 Å². The third-order valence-corrected chi connectivity index (χ3v) is 10.3. The van der Waals surface area contributed by atoms with Crippen LogP contribution in [0.4, 0.5) is 10.5 Å². The molecule has 2 aromatic carbocycles. The first-order valence-electron chi connectivity index (χ1n) is 13.3. The number of hydrogen-bond acceptors (Lipinski definition) is 8. The van der Waals surface area contributed by atoms with Crippen molar-refractivity contribution in [3.63, 3.8) is 0 Å². The Bertz CT molecular complexity index is 1800. The number of fused-ring (bicyclic) bond motifs is 3. The highest BCUT2D eigenvalue weighted by molar-refractivity contribution is 7.99. The van der Waals surface area contributed by atoms with Gasteiger partial charge in [-0.05, 0) is 79.8 Å². The Labute approximate surface area is 255 Å². The fourth-order valence-corrected chi connectivity index (χ4v) is 7.75. The van der Waals surface area contributed by atoms with Gasteiger partial charge in [-0.3, -0.25) is 14.2 Å². The monoisotopic (exact) mass is 645 g/mol. The number of aryl methyl sites for hydroxylation is 2. The average Bonchev–Trinajstić information content (AvgIpc) is 3.54. The highest BCUT2D eigenvalue weighted by Crippen LogP contribution is 2.36. The van der Waals surface area contributed by atoms with Gasteiger partial charge in [0.15, 0.2) is 5.16 Å². The molecule has 1 aliphatic rings. The Morgan fingerprint density at radius 2 is 1.83 bits per heavy atom. The Morgan fingerprint density at radius 1 is 1.10 bits per heavy atom. The average molecular weight is 646 g/mol. The Kier molecular flexibility index (Phi) is 9.21. The molecule has 14 heteroatoms. The number of anilines is 1. The molecule has 0 radical (unpaired) electrons. The number of benzene rings is 2. The fourth-order valence-electron chi connectivity index (χ4n) is 4.58. The lowest BCUT2D eigenvalue weighted by Gasteiger charge is -2.13. The van der Waals surface area contributed by atoms with Gasteiger partial charge in [0, 0.05) is 22.1 Å². The lowest BCUT2D eigenvalue weighted by Crippen LogP contribution is -2.39. The fraction of sp³-hybridized carbons (Fsp3) is 0.286. The summed E-state index contributed by atoms with van der Waals surface area (Å²) in [5, 5.41) is 6.79. The maximum absolute atomic E-state index is 13.7. The first-order chi connectivity index (χ1) is 20.2. The van der Waals surface area contributed by atoms with Crippen molar-refractivity contribution >= 4 is 72.6 Å². The number of carbonyl (C=O) groups excluding carboxylic acids is 2. The van der Waals surface area contributed by atoms with Crippen LogP contribution in [0.15, 0.2) is 63.4 Å². The van der Waals surface area contributed by atoms with E-state index < -0.39 is 16.1 Å². The van der Waals surface area contributed by atoms with Crippen molar-refractivity contribution < 1.29 is 18.0 Å².